The number of nitrogens with zero attached hydrogens (tertiary/aromatic N) is 1. The van der Waals surface area contributed by atoms with Gasteiger partial charge in [-0.05, 0) is 23.5 Å². The van der Waals surface area contributed by atoms with Crippen molar-refractivity contribution in [2.75, 3.05) is 7.05 Å². The Morgan fingerprint density at radius 1 is 1.28 bits per heavy atom. The number of carbonyl (C=O) groups is 1. The summed E-state index contributed by atoms with van der Waals surface area (Å²) in [5, 5.41) is 0. The predicted molar refractivity (Wildman–Crippen MR) is 75.3 cm³/mol. The van der Waals surface area contributed by atoms with Gasteiger partial charge in [-0.2, -0.15) is 0 Å². The first-order chi connectivity index (χ1) is 8.21. The lowest BCUT2D eigenvalue weighted by Crippen LogP contribution is -2.39. The molecule has 1 unspecified atom stereocenters. The molecule has 3 nitrogen and oxygen atoms in total. The number of benzene rings is 1. The highest BCUT2D eigenvalue weighted by Gasteiger charge is 2.15. The molecule has 0 aliphatic heterocycles. The maximum absolute atomic E-state index is 11.7. The molecule has 0 aromatic heterocycles. The van der Waals surface area contributed by atoms with Gasteiger partial charge in [-0.1, -0.05) is 45.0 Å². The number of nitrogens with two attached hydrogens (primary N) is 1. The lowest BCUT2D eigenvalue weighted by Gasteiger charge is -2.21. The molecule has 2 N–H and O–H groups in total. The fourth-order valence-electron chi connectivity index (χ4n) is 1.81. The maximum atomic E-state index is 11.7. The van der Waals surface area contributed by atoms with Gasteiger partial charge in [0.25, 0.3) is 0 Å². The number of carbonyl (C=O) groups excluding carboxylic acids is 1. The molecule has 100 valence electrons. The van der Waals surface area contributed by atoms with Crippen LogP contribution >= 0.6 is 0 Å². The average molecular weight is 248 g/mol. The van der Waals surface area contributed by atoms with Crippen molar-refractivity contribution in [1.29, 1.82) is 0 Å². The van der Waals surface area contributed by atoms with Gasteiger partial charge >= 0.3 is 0 Å². The van der Waals surface area contributed by atoms with Crippen LogP contribution in [0.15, 0.2) is 24.3 Å². The monoisotopic (exact) mass is 248 g/mol. The van der Waals surface area contributed by atoms with Crippen LogP contribution in [-0.4, -0.2) is 23.9 Å². The standard InChI is InChI=1S/C15H24N2O/c1-11(16)14(18)17(5)10-12-6-8-13(9-7-12)15(2,3)4/h6-9,11H,10,16H2,1-5H3. The largest absolute Gasteiger partial charge is 0.340 e. The van der Waals surface area contributed by atoms with Gasteiger partial charge in [-0.15, -0.1) is 0 Å². The Morgan fingerprint density at radius 3 is 2.17 bits per heavy atom. The molecular formula is C15H24N2O. The molecule has 0 heterocycles. The summed E-state index contributed by atoms with van der Waals surface area (Å²) in [5.41, 5.74) is 8.16. The van der Waals surface area contributed by atoms with Crippen LogP contribution in [0.5, 0.6) is 0 Å². The van der Waals surface area contributed by atoms with E-state index >= 15 is 0 Å². The molecule has 1 amide bonds. The molecule has 0 aliphatic rings. The Hall–Kier alpha value is -1.35. The van der Waals surface area contributed by atoms with Gasteiger partial charge in [-0.25, -0.2) is 0 Å². The van der Waals surface area contributed by atoms with Crippen LogP contribution in [0.4, 0.5) is 0 Å². The van der Waals surface area contributed by atoms with Gasteiger partial charge in [0, 0.05) is 13.6 Å². The van der Waals surface area contributed by atoms with Crippen LogP contribution in [0.2, 0.25) is 0 Å². The Kier molecular flexibility index (Phi) is 4.52. The number of amides is 1. The topological polar surface area (TPSA) is 46.3 Å². The van der Waals surface area contributed by atoms with Crippen LogP contribution in [-0.2, 0) is 16.8 Å². The van der Waals surface area contributed by atoms with Crippen LogP contribution in [0.1, 0.15) is 38.8 Å². The van der Waals surface area contributed by atoms with Crippen molar-refractivity contribution in [3.8, 4) is 0 Å². The first-order valence-electron chi connectivity index (χ1n) is 6.32. The van der Waals surface area contributed by atoms with E-state index in [1.165, 1.54) is 5.56 Å². The Morgan fingerprint density at radius 2 is 1.78 bits per heavy atom. The van der Waals surface area contributed by atoms with E-state index in [2.05, 4.69) is 45.0 Å². The molecule has 1 rings (SSSR count). The third kappa shape index (κ3) is 3.84. The summed E-state index contributed by atoms with van der Waals surface area (Å²) in [7, 11) is 1.78. The zero-order valence-corrected chi connectivity index (χ0v) is 12.0. The zero-order valence-electron chi connectivity index (χ0n) is 12.0. The summed E-state index contributed by atoms with van der Waals surface area (Å²) in [6, 6.07) is 7.96. The maximum Gasteiger partial charge on any atom is 0.239 e. The normalized spacial score (nSPS) is 13.2. The van der Waals surface area contributed by atoms with Crippen molar-refractivity contribution >= 4 is 5.91 Å². The molecule has 0 fully saturated rings. The number of rotatable bonds is 3. The number of hydrogen-bond donors (Lipinski definition) is 1. The van der Waals surface area contributed by atoms with Crippen molar-refractivity contribution in [3.05, 3.63) is 35.4 Å². The molecular weight excluding hydrogens is 224 g/mol. The van der Waals surface area contributed by atoms with Crippen molar-refractivity contribution in [2.24, 2.45) is 5.73 Å². The lowest BCUT2D eigenvalue weighted by atomic mass is 9.87. The van der Waals surface area contributed by atoms with Crippen LogP contribution in [0.3, 0.4) is 0 Å². The molecule has 18 heavy (non-hydrogen) atoms. The minimum Gasteiger partial charge on any atom is -0.340 e. The molecule has 0 aliphatic carbocycles. The van der Waals surface area contributed by atoms with Crippen molar-refractivity contribution in [3.63, 3.8) is 0 Å². The van der Waals surface area contributed by atoms with E-state index in [1.807, 2.05) is 0 Å². The second kappa shape index (κ2) is 5.53. The second-order valence-electron chi connectivity index (χ2n) is 5.93. The number of likely N-dealkylation sites (N-methyl/N-ethyl adjacent to an activating group) is 1. The second-order valence-corrected chi connectivity index (χ2v) is 5.93. The van der Waals surface area contributed by atoms with E-state index < -0.39 is 6.04 Å². The smallest absolute Gasteiger partial charge is 0.239 e. The van der Waals surface area contributed by atoms with E-state index in [0.717, 1.165) is 5.56 Å². The summed E-state index contributed by atoms with van der Waals surface area (Å²) in [4.78, 5) is 13.3. The van der Waals surface area contributed by atoms with Gasteiger partial charge in [0.05, 0.1) is 6.04 Å². The Balaban J connectivity index is 2.73. The van der Waals surface area contributed by atoms with E-state index in [4.69, 9.17) is 5.73 Å². The fourth-order valence-corrected chi connectivity index (χ4v) is 1.81. The molecule has 1 aromatic rings. The van der Waals surface area contributed by atoms with Crippen molar-refractivity contribution < 1.29 is 4.79 Å². The van der Waals surface area contributed by atoms with E-state index in [1.54, 1.807) is 18.9 Å². The van der Waals surface area contributed by atoms with Gasteiger partial charge in [0.2, 0.25) is 5.91 Å². The molecule has 0 saturated heterocycles. The van der Waals surface area contributed by atoms with Crippen molar-refractivity contribution in [2.45, 2.75) is 45.7 Å². The minimum atomic E-state index is -0.441. The van der Waals surface area contributed by atoms with Crippen molar-refractivity contribution in [1.82, 2.24) is 4.90 Å². The molecule has 0 spiro atoms. The molecule has 3 heteroatoms. The lowest BCUT2D eigenvalue weighted by molar-refractivity contribution is -0.131. The highest BCUT2D eigenvalue weighted by molar-refractivity contribution is 5.80. The molecule has 0 saturated carbocycles. The average Bonchev–Trinajstić information content (AvgIpc) is 2.27. The quantitative estimate of drug-likeness (QED) is 0.892. The van der Waals surface area contributed by atoms with Crippen LogP contribution in [0, 0.1) is 0 Å². The van der Waals surface area contributed by atoms with E-state index in [0.29, 0.717) is 6.54 Å². The predicted octanol–water partition coefficient (Wildman–Crippen LogP) is 2.29. The van der Waals surface area contributed by atoms with E-state index in [-0.39, 0.29) is 11.3 Å². The summed E-state index contributed by atoms with van der Waals surface area (Å²) in [5.74, 6) is -0.0325. The third-order valence-electron chi connectivity index (χ3n) is 3.01. The molecule has 1 atom stereocenters. The van der Waals surface area contributed by atoms with E-state index in [9.17, 15) is 4.79 Å². The summed E-state index contributed by atoms with van der Waals surface area (Å²) in [6.07, 6.45) is 0. The third-order valence-corrected chi connectivity index (χ3v) is 3.01. The van der Waals surface area contributed by atoms with Gasteiger partial charge in [0.15, 0.2) is 0 Å². The highest BCUT2D eigenvalue weighted by atomic mass is 16.2. The number of hydrogen-bond acceptors (Lipinski definition) is 2. The molecule has 0 bridgehead atoms. The van der Waals surface area contributed by atoms with Gasteiger partial charge in [-0.3, -0.25) is 4.79 Å². The summed E-state index contributed by atoms with van der Waals surface area (Å²) in [6.45, 7) is 8.88. The fraction of sp³-hybridized carbons (Fsp3) is 0.533. The SMILES string of the molecule is CC(N)C(=O)N(C)Cc1ccc(C(C)(C)C)cc1. The molecule has 1 aromatic carbocycles. The summed E-state index contributed by atoms with van der Waals surface area (Å²) < 4.78 is 0. The summed E-state index contributed by atoms with van der Waals surface area (Å²) >= 11 is 0. The first kappa shape index (κ1) is 14.7. The minimum absolute atomic E-state index is 0.0325. The van der Waals surface area contributed by atoms with Crippen LogP contribution in [0.25, 0.3) is 0 Å². The molecule has 0 radical (unpaired) electrons. The Bertz CT molecular complexity index is 401. The first-order valence-corrected chi connectivity index (χ1v) is 6.32. The van der Waals surface area contributed by atoms with Gasteiger partial charge < -0.3 is 10.6 Å². The Labute approximate surface area is 110 Å². The highest BCUT2D eigenvalue weighted by Crippen LogP contribution is 2.22. The van der Waals surface area contributed by atoms with Gasteiger partial charge in [0.1, 0.15) is 0 Å². The van der Waals surface area contributed by atoms with Crippen LogP contribution < -0.4 is 5.73 Å². The zero-order chi connectivity index (χ0) is 13.9.